The quantitative estimate of drug-likeness (QED) is 0.898. The Morgan fingerprint density at radius 2 is 2.00 bits per heavy atom. The lowest BCUT2D eigenvalue weighted by Gasteiger charge is -2.10. The van der Waals surface area contributed by atoms with Crippen molar-refractivity contribution in [2.45, 2.75) is 11.8 Å². The Hall–Kier alpha value is -1.60. The van der Waals surface area contributed by atoms with Crippen molar-refractivity contribution in [2.24, 2.45) is 0 Å². The third-order valence-corrected chi connectivity index (χ3v) is 4.45. The van der Waals surface area contributed by atoms with Crippen LogP contribution in [0.15, 0.2) is 45.9 Å². The van der Waals surface area contributed by atoms with Gasteiger partial charge in [0.25, 0.3) is 10.0 Å². The largest absolute Gasteiger partial charge is 0.384 e. The van der Waals surface area contributed by atoms with E-state index in [0.717, 1.165) is 5.56 Å². The van der Waals surface area contributed by atoms with Gasteiger partial charge < -0.3 is 5.73 Å². The smallest absolute Gasteiger partial charge is 0.263 e. The van der Waals surface area contributed by atoms with Gasteiger partial charge in [0.2, 0.25) is 0 Å². The molecule has 2 rings (SSSR count). The minimum absolute atomic E-state index is 0.0641. The van der Waals surface area contributed by atoms with E-state index in [9.17, 15) is 8.42 Å². The van der Waals surface area contributed by atoms with Crippen molar-refractivity contribution in [1.82, 2.24) is 4.98 Å². The number of nitrogens with one attached hydrogen (secondary N) is 1. The van der Waals surface area contributed by atoms with Gasteiger partial charge in [0, 0.05) is 10.7 Å². The topological polar surface area (TPSA) is 85.1 Å². The number of halogens is 1. The molecule has 3 N–H and O–H groups in total. The molecule has 1 heterocycles. The predicted molar refractivity (Wildman–Crippen MR) is 78.3 cm³/mol. The van der Waals surface area contributed by atoms with E-state index in [1.54, 1.807) is 6.07 Å². The van der Waals surface area contributed by atoms with Crippen molar-refractivity contribution in [2.75, 3.05) is 10.5 Å². The molecule has 0 atom stereocenters. The summed E-state index contributed by atoms with van der Waals surface area (Å²) < 4.78 is 27.4. The fraction of sp³-hybridized carbons (Fsp3) is 0.0833. The highest BCUT2D eigenvalue weighted by atomic mass is 79.9. The number of nitrogens with zero attached hydrogens (tertiary/aromatic N) is 1. The van der Waals surface area contributed by atoms with E-state index >= 15 is 0 Å². The van der Waals surface area contributed by atoms with E-state index in [1.807, 2.05) is 19.1 Å². The van der Waals surface area contributed by atoms with Gasteiger partial charge in [-0.1, -0.05) is 6.07 Å². The van der Waals surface area contributed by atoms with E-state index in [2.05, 4.69) is 25.6 Å². The maximum atomic E-state index is 12.1. The maximum Gasteiger partial charge on any atom is 0.263 e. The summed E-state index contributed by atoms with van der Waals surface area (Å²) in [5.41, 5.74) is 6.94. The molecule has 0 aliphatic rings. The molecule has 1 aromatic heterocycles. The fourth-order valence-corrected chi connectivity index (χ4v) is 3.20. The molecular weight excluding hydrogens is 330 g/mol. The van der Waals surface area contributed by atoms with Crippen LogP contribution >= 0.6 is 15.9 Å². The van der Waals surface area contributed by atoms with Crippen molar-refractivity contribution < 1.29 is 8.42 Å². The molecule has 0 aliphatic heterocycles. The Labute approximate surface area is 120 Å². The van der Waals surface area contributed by atoms with Gasteiger partial charge in [0.05, 0.1) is 5.69 Å². The Morgan fingerprint density at radius 1 is 1.26 bits per heavy atom. The summed E-state index contributed by atoms with van der Waals surface area (Å²) in [4.78, 5) is 3.83. The molecule has 2 aromatic rings. The Balaban J connectivity index is 2.33. The first-order valence-corrected chi connectivity index (χ1v) is 7.66. The second-order valence-electron chi connectivity index (χ2n) is 4.01. The molecule has 0 saturated carbocycles. The molecule has 0 unspecified atom stereocenters. The normalized spacial score (nSPS) is 11.3. The van der Waals surface area contributed by atoms with Gasteiger partial charge in [0.15, 0.2) is 0 Å². The second kappa shape index (κ2) is 5.18. The summed E-state index contributed by atoms with van der Waals surface area (Å²) in [5.74, 6) is 0.274. The zero-order chi connectivity index (χ0) is 14.0. The number of anilines is 2. The van der Waals surface area contributed by atoms with Crippen LogP contribution in [0.3, 0.4) is 0 Å². The van der Waals surface area contributed by atoms with Crippen LogP contribution in [-0.4, -0.2) is 13.4 Å². The molecule has 0 spiro atoms. The summed E-state index contributed by atoms with van der Waals surface area (Å²) in [6, 6.07) is 8.20. The third-order valence-electron chi connectivity index (χ3n) is 2.44. The van der Waals surface area contributed by atoms with E-state index < -0.39 is 10.0 Å². The first-order chi connectivity index (χ1) is 8.88. The van der Waals surface area contributed by atoms with Crippen molar-refractivity contribution in [1.29, 1.82) is 0 Å². The summed E-state index contributed by atoms with van der Waals surface area (Å²) in [6.45, 7) is 1.92. The highest BCUT2D eigenvalue weighted by Gasteiger charge is 2.15. The number of nitrogens with two attached hydrogens (primary N) is 1. The third kappa shape index (κ3) is 3.24. The predicted octanol–water partition coefficient (Wildman–Crippen LogP) is 2.54. The van der Waals surface area contributed by atoms with Gasteiger partial charge in [-0.15, -0.1) is 0 Å². The summed E-state index contributed by atoms with van der Waals surface area (Å²) >= 11 is 3.32. The fourth-order valence-electron chi connectivity index (χ4n) is 1.46. The molecule has 0 bridgehead atoms. The zero-order valence-corrected chi connectivity index (χ0v) is 12.5. The summed E-state index contributed by atoms with van der Waals surface area (Å²) in [6.07, 6.45) is 1.22. The highest BCUT2D eigenvalue weighted by Crippen LogP contribution is 2.25. The maximum absolute atomic E-state index is 12.1. The average molecular weight is 342 g/mol. The van der Waals surface area contributed by atoms with Gasteiger partial charge in [-0.25, -0.2) is 13.4 Å². The van der Waals surface area contributed by atoms with Crippen molar-refractivity contribution in [3.63, 3.8) is 0 Å². The van der Waals surface area contributed by atoms with Crippen LogP contribution < -0.4 is 10.5 Å². The lowest BCUT2D eigenvalue weighted by Crippen LogP contribution is -2.13. The number of rotatable bonds is 3. The minimum atomic E-state index is -3.66. The van der Waals surface area contributed by atoms with Crippen molar-refractivity contribution in [3.8, 4) is 0 Å². The van der Waals surface area contributed by atoms with Gasteiger partial charge in [-0.2, -0.15) is 0 Å². The van der Waals surface area contributed by atoms with Crippen LogP contribution in [0.4, 0.5) is 11.5 Å². The Morgan fingerprint density at radius 3 is 2.58 bits per heavy atom. The van der Waals surface area contributed by atoms with E-state index in [4.69, 9.17) is 5.73 Å². The zero-order valence-electron chi connectivity index (χ0n) is 10.1. The van der Waals surface area contributed by atoms with Gasteiger partial charge in [-0.3, -0.25) is 4.72 Å². The van der Waals surface area contributed by atoms with E-state index in [1.165, 1.54) is 18.3 Å². The molecular formula is C12H12BrN3O2S. The average Bonchev–Trinajstić information content (AvgIpc) is 2.33. The summed E-state index contributed by atoms with van der Waals surface area (Å²) in [5, 5.41) is 0. The van der Waals surface area contributed by atoms with Crippen molar-refractivity contribution in [3.05, 3.63) is 46.6 Å². The molecule has 0 radical (unpaired) electrons. The van der Waals surface area contributed by atoms with Crippen LogP contribution in [0.2, 0.25) is 0 Å². The Kier molecular flexibility index (Phi) is 3.77. The van der Waals surface area contributed by atoms with E-state index in [-0.39, 0.29) is 10.7 Å². The first kappa shape index (κ1) is 13.8. The number of pyridine rings is 1. The molecule has 100 valence electrons. The second-order valence-corrected chi connectivity index (χ2v) is 6.54. The number of benzene rings is 1. The number of hydrogen-bond donors (Lipinski definition) is 2. The van der Waals surface area contributed by atoms with Gasteiger partial charge in [-0.05, 0) is 52.7 Å². The molecule has 7 heteroatoms. The van der Waals surface area contributed by atoms with Crippen LogP contribution in [0, 0.1) is 6.92 Å². The molecule has 1 aromatic carbocycles. The van der Waals surface area contributed by atoms with Crippen LogP contribution in [-0.2, 0) is 10.0 Å². The lowest BCUT2D eigenvalue weighted by atomic mass is 10.2. The standard InChI is InChI=1S/C12H12BrN3O2S/c1-8-2-4-11(10(13)6-8)16-19(17,18)9-3-5-12(14)15-7-9/h2-7,16H,1H3,(H2,14,15). The number of hydrogen-bond acceptors (Lipinski definition) is 4. The Bertz CT molecular complexity index is 699. The molecule has 5 nitrogen and oxygen atoms in total. The van der Waals surface area contributed by atoms with Crippen LogP contribution in [0.1, 0.15) is 5.56 Å². The molecule has 19 heavy (non-hydrogen) atoms. The van der Waals surface area contributed by atoms with E-state index in [0.29, 0.717) is 10.2 Å². The molecule has 0 aliphatic carbocycles. The molecule has 0 amide bonds. The number of aryl methyl sites for hydroxylation is 1. The molecule has 0 saturated heterocycles. The highest BCUT2D eigenvalue weighted by molar-refractivity contribution is 9.10. The lowest BCUT2D eigenvalue weighted by molar-refractivity contribution is 0.601. The number of nitrogen functional groups attached to an aromatic ring is 1. The minimum Gasteiger partial charge on any atom is -0.384 e. The van der Waals surface area contributed by atoms with Crippen LogP contribution in [0.25, 0.3) is 0 Å². The number of sulfonamides is 1. The summed E-state index contributed by atoms with van der Waals surface area (Å²) in [7, 11) is -3.66. The number of aromatic nitrogens is 1. The molecule has 0 fully saturated rings. The van der Waals surface area contributed by atoms with Gasteiger partial charge >= 0.3 is 0 Å². The monoisotopic (exact) mass is 341 g/mol. The first-order valence-electron chi connectivity index (χ1n) is 5.39. The van der Waals surface area contributed by atoms with Crippen molar-refractivity contribution >= 4 is 37.5 Å². The van der Waals surface area contributed by atoms with Gasteiger partial charge in [0.1, 0.15) is 10.7 Å². The van der Waals surface area contributed by atoms with Crippen LogP contribution in [0.5, 0.6) is 0 Å². The SMILES string of the molecule is Cc1ccc(NS(=O)(=O)c2ccc(N)nc2)c(Br)c1.